The van der Waals surface area contributed by atoms with Gasteiger partial charge < -0.3 is 39.7 Å². The van der Waals surface area contributed by atoms with E-state index in [0.29, 0.717) is 24.3 Å². The van der Waals surface area contributed by atoms with Crippen LogP contribution < -0.4 is 5.32 Å². The van der Waals surface area contributed by atoms with Crippen molar-refractivity contribution in [3.8, 4) is 0 Å². The fraction of sp³-hybridized carbons (Fsp3) is 0.667. The summed E-state index contributed by atoms with van der Waals surface area (Å²) in [6, 6.07) is 6.52. The van der Waals surface area contributed by atoms with E-state index >= 15 is 0 Å². The number of nitrogens with zero attached hydrogens (tertiary/aromatic N) is 2. The van der Waals surface area contributed by atoms with Crippen molar-refractivity contribution in [1.29, 1.82) is 0 Å². The second kappa shape index (κ2) is 15.5. The molecular weight excluding hydrogens is 586 g/mol. The van der Waals surface area contributed by atoms with E-state index in [1.807, 2.05) is 0 Å². The molecule has 1 aromatic rings. The number of nitrogens with one attached hydrogen (secondary N) is 1. The van der Waals surface area contributed by atoms with E-state index in [4.69, 9.17) is 14.2 Å². The smallest absolute Gasteiger partial charge is 0.303 e. The Bertz CT molecular complexity index is 1300. The van der Waals surface area contributed by atoms with Crippen LogP contribution in [0, 0.1) is 18.3 Å². The maximum absolute atomic E-state index is 11.6. The first-order chi connectivity index (χ1) is 22.1. The Morgan fingerprint density at radius 2 is 2.00 bits per heavy atom. The molecule has 0 bridgehead atoms. The Morgan fingerprint density at radius 1 is 1.22 bits per heavy atom. The lowest BCUT2D eigenvalue weighted by Crippen LogP contribution is -2.60. The summed E-state index contributed by atoms with van der Waals surface area (Å²) in [6.45, 7) is 13.4. The first kappa shape index (κ1) is 34.7. The number of likely N-dealkylation sites (tertiary alicyclic amines) is 1. The Morgan fingerprint density at radius 3 is 2.70 bits per heavy atom. The topological polar surface area (TPSA) is 133 Å². The number of rotatable bonds is 10. The number of piperidine rings is 2. The van der Waals surface area contributed by atoms with Gasteiger partial charge in [-0.15, -0.1) is 0 Å². The van der Waals surface area contributed by atoms with Gasteiger partial charge in [-0.05, 0) is 92.3 Å². The van der Waals surface area contributed by atoms with Gasteiger partial charge in [-0.3, -0.25) is 4.79 Å². The number of ether oxygens (including phenoxy) is 3. The quantitative estimate of drug-likeness (QED) is 0.285. The van der Waals surface area contributed by atoms with Gasteiger partial charge in [0.25, 0.3) is 0 Å². The van der Waals surface area contributed by atoms with E-state index in [1.165, 1.54) is 56.8 Å². The second-order valence-corrected chi connectivity index (χ2v) is 13.9. The van der Waals surface area contributed by atoms with Crippen molar-refractivity contribution >= 4 is 17.9 Å². The average molecular weight is 640 g/mol. The second-order valence-electron chi connectivity index (χ2n) is 13.9. The molecule has 0 saturated carbocycles. The van der Waals surface area contributed by atoms with Crippen molar-refractivity contribution in [3.63, 3.8) is 0 Å². The normalized spacial score (nSPS) is 28.7. The number of aliphatic hydroxyl groups is 3. The highest BCUT2D eigenvalue weighted by Gasteiger charge is 2.48. The van der Waals surface area contributed by atoms with Crippen LogP contribution in [-0.2, 0) is 25.4 Å². The lowest BCUT2D eigenvalue weighted by Gasteiger charge is -2.45. The summed E-state index contributed by atoms with van der Waals surface area (Å²) >= 11 is 0. The lowest BCUT2D eigenvalue weighted by atomic mass is 9.73. The largest absolute Gasteiger partial charge is 0.457 e. The van der Waals surface area contributed by atoms with Crippen LogP contribution in [0.25, 0.3) is 6.08 Å². The van der Waals surface area contributed by atoms with Gasteiger partial charge in [-0.25, -0.2) is 4.99 Å². The summed E-state index contributed by atoms with van der Waals surface area (Å²) in [5.74, 6) is -0.0812. The fourth-order valence-electron chi connectivity index (χ4n) is 7.46. The van der Waals surface area contributed by atoms with E-state index in [0.717, 1.165) is 42.8 Å². The average Bonchev–Trinajstić information content (AvgIpc) is 3.42. The summed E-state index contributed by atoms with van der Waals surface area (Å²) < 4.78 is 17.0. The van der Waals surface area contributed by atoms with Crippen LogP contribution in [0.2, 0.25) is 0 Å². The Labute approximate surface area is 273 Å². The number of hydrogen-bond acceptors (Lipinski definition) is 10. The summed E-state index contributed by atoms with van der Waals surface area (Å²) in [4.78, 5) is 18.9. The van der Waals surface area contributed by atoms with Gasteiger partial charge in [-0.1, -0.05) is 44.2 Å². The molecule has 10 heteroatoms. The van der Waals surface area contributed by atoms with E-state index in [-0.39, 0.29) is 5.92 Å². The monoisotopic (exact) mass is 639 g/mol. The standard InChI is InChI=1S/C36H53N3O7/c1-23(2)29-20-38-34(46-35-32(43)33(44-25(4)41)31(42)30(21-40)45-35)28(29)19-27-10-9-26(18-24(27)3)8-5-6-16-39-17-7-11-36(22-39)12-14-37-15-13-36/h5,8-10,18,23,30-33,35,37,40,42-43H,6-7,11-17,19-22H2,1-4H3/b8-5+/t30-,31-,32-,33+,35+/m1/s1. The van der Waals surface area contributed by atoms with Crippen molar-refractivity contribution in [2.24, 2.45) is 16.3 Å². The van der Waals surface area contributed by atoms with Crippen LogP contribution in [-0.4, -0.2) is 109 Å². The molecule has 5 rings (SSSR count). The Balaban J connectivity index is 1.21. The minimum Gasteiger partial charge on any atom is -0.457 e. The van der Waals surface area contributed by atoms with E-state index in [2.05, 4.69) is 66.3 Å². The molecule has 3 saturated heterocycles. The van der Waals surface area contributed by atoms with Crippen LogP contribution in [0.4, 0.5) is 0 Å². The number of hydrogen-bond donors (Lipinski definition) is 4. The molecule has 5 atom stereocenters. The molecule has 1 aromatic carbocycles. The van der Waals surface area contributed by atoms with Crippen molar-refractivity contribution in [2.75, 3.05) is 45.9 Å². The zero-order valence-corrected chi connectivity index (χ0v) is 27.9. The number of benzene rings is 1. The van der Waals surface area contributed by atoms with Crippen molar-refractivity contribution < 1.29 is 34.3 Å². The molecule has 4 aliphatic rings. The molecule has 46 heavy (non-hydrogen) atoms. The third-order valence-corrected chi connectivity index (χ3v) is 10.1. The molecule has 0 aliphatic carbocycles. The summed E-state index contributed by atoms with van der Waals surface area (Å²) in [5.41, 5.74) is 6.09. The number of carbonyl (C=O) groups excluding carboxylic acids is 1. The molecule has 4 aliphatic heterocycles. The first-order valence-corrected chi connectivity index (χ1v) is 17.0. The number of carbonyl (C=O) groups is 1. The Hall–Kier alpha value is -2.60. The van der Waals surface area contributed by atoms with Crippen LogP contribution >= 0.6 is 0 Å². The minimum atomic E-state index is -1.47. The highest BCUT2D eigenvalue weighted by molar-refractivity contribution is 5.97. The minimum absolute atomic E-state index is 0.227. The van der Waals surface area contributed by atoms with Gasteiger partial charge in [0, 0.05) is 32.0 Å². The van der Waals surface area contributed by atoms with Crippen molar-refractivity contribution in [1.82, 2.24) is 10.2 Å². The molecule has 1 spiro atoms. The third-order valence-electron chi connectivity index (χ3n) is 10.1. The number of aryl methyl sites for hydroxylation is 1. The number of esters is 1. The Kier molecular flexibility index (Phi) is 11.7. The SMILES string of the molecule is CC(=O)O[C@@H]1[C@@H](O)[C@H](OC2=NCC(C(C)C)=C2Cc2ccc(/C=C/CCN3CCCC4(CCNCC4)C3)cc2C)O[C@H](CO)[C@H]1O. The summed E-state index contributed by atoms with van der Waals surface area (Å²) in [5, 5.41) is 34.7. The molecule has 0 unspecified atom stereocenters. The number of aliphatic imine (C=N–C) groups is 1. The van der Waals surface area contributed by atoms with Gasteiger partial charge in [0.1, 0.15) is 12.2 Å². The van der Waals surface area contributed by atoms with Crippen LogP contribution in [0.1, 0.15) is 69.6 Å². The molecule has 0 aromatic heterocycles. The van der Waals surface area contributed by atoms with Crippen molar-refractivity contribution in [2.45, 2.75) is 96.9 Å². The predicted octanol–water partition coefficient (Wildman–Crippen LogP) is 3.16. The van der Waals surface area contributed by atoms with Crippen molar-refractivity contribution in [3.05, 3.63) is 52.1 Å². The molecule has 4 N–H and O–H groups in total. The van der Waals surface area contributed by atoms with Gasteiger partial charge >= 0.3 is 5.97 Å². The van der Waals surface area contributed by atoms with Crippen LogP contribution in [0.15, 0.2) is 40.4 Å². The fourth-order valence-corrected chi connectivity index (χ4v) is 7.46. The lowest BCUT2D eigenvalue weighted by molar-refractivity contribution is -0.284. The maximum atomic E-state index is 11.6. The van der Waals surface area contributed by atoms with E-state index in [1.54, 1.807) is 0 Å². The first-order valence-electron chi connectivity index (χ1n) is 17.0. The molecule has 0 radical (unpaired) electrons. The zero-order valence-electron chi connectivity index (χ0n) is 27.9. The summed E-state index contributed by atoms with van der Waals surface area (Å²) in [7, 11) is 0. The molecule has 254 valence electrons. The highest BCUT2D eigenvalue weighted by Crippen LogP contribution is 2.38. The third kappa shape index (κ3) is 8.27. The maximum Gasteiger partial charge on any atom is 0.303 e. The van der Waals surface area contributed by atoms with Gasteiger partial charge in [-0.2, -0.15) is 0 Å². The predicted molar refractivity (Wildman–Crippen MR) is 177 cm³/mol. The highest BCUT2D eigenvalue weighted by atomic mass is 16.7. The molecular formula is C36H53N3O7. The summed E-state index contributed by atoms with van der Waals surface area (Å²) in [6.07, 6.45) is 4.90. The number of aliphatic hydroxyl groups excluding tert-OH is 3. The van der Waals surface area contributed by atoms with Crippen LogP contribution in [0.5, 0.6) is 0 Å². The van der Waals surface area contributed by atoms with Crippen LogP contribution in [0.3, 0.4) is 0 Å². The van der Waals surface area contributed by atoms with E-state index in [9.17, 15) is 20.1 Å². The zero-order chi connectivity index (χ0) is 32.8. The molecule has 3 fully saturated rings. The molecule has 0 amide bonds. The molecule has 4 heterocycles. The van der Waals surface area contributed by atoms with E-state index < -0.39 is 43.3 Å². The van der Waals surface area contributed by atoms with Gasteiger partial charge in [0.2, 0.25) is 12.2 Å². The molecule has 10 nitrogen and oxygen atoms in total. The van der Waals surface area contributed by atoms with Gasteiger partial charge in [0.15, 0.2) is 12.2 Å². The van der Waals surface area contributed by atoms with Gasteiger partial charge in [0.05, 0.1) is 13.2 Å².